The first kappa shape index (κ1) is 22.5. The Bertz CT molecular complexity index is 1420. The summed E-state index contributed by atoms with van der Waals surface area (Å²) in [6.45, 7) is 4.00. The molecule has 6 rings (SSSR count). The highest BCUT2D eigenvalue weighted by atomic mass is 35.5. The highest BCUT2D eigenvalue weighted by Gasteiger charge is 2.54. The number of hydrogen-bond donors (Lipinski definition) is 2. The van der Waals surface area contributed by atoms with E-state index in [-0.39, 0.29) is 18.2 Å². The van der Waals surface area contributed by atoms with Crippen LogP contribution in [0.1, 0.15) is 38.3 Å². The maximum absolute atomic E-state index is 6.44. The molecule has 4 heterocycles. The molecule has 1 saturated carbocycles. The van der Waals surface area contributed by atoms with Gasteiger partial charge in [-0.15, -0.1) is 0 Å². The molecule has 4 atom stereocenters. The van der Waals surface area contributed by atoms with Crippen LogP contribution in [0.25, 0.3) is 21.9 Å². The summed E-state index contributed by atoms with van der Waals surface area (Å²) < 4.78 is 15.1. The van der Waals surface area contributed by atoms with Crippen LogP contribution in [-0.2, 0) is 15.9 Å². The summed E-state index contributed by atoms with van der Waals surface area (Å²) in [5.41, 5.74) is 8.93. The van der Waals surface area contributed by atoms with Crippen LogP contribution in [0.15, 0.2) is 42.9 Å². The van der Waals surface area contributed by atoms with Crippen LogP contribution in [0, 0.1) is 5.92 Å². The van der Waals surface area contributed by atoms with Crippen molar-refractivity contribution in [2.45, 2.75) is 57.1 Å². The SMILES string of the molecule is CNc1ncnc2c1ccn2[C@@H]1C[C@H](CCc2ccc3cc(Cl)c(N)nc3c2)[C@H]2OC(C)(C)O[C@H]21. The number of pyridine rings is 1. The number of hydrogen-bond acceptors (Lipinski definition) is 7. The molecular weight excluding hydrogens is 464 g/mol. The molecule has 0 spiro atoms. The third-order valence-electron chi connectivity index (χ3n) is 7.32. The molecule has 3 aromatic heterocycles. The van der Waals surface area contributed by atoms with Crippen molar-refractivity contribution in [3.63, 3.8) is 0 Å². The van der Waals surface area contributed by atoms with Gasteiger partial charge in [-0.1, -0.05) is 23.7 Å². The minimum Gasteiger partial charge on any atom is -0.382 e. The zero-order chi connectivity index (χ0) is 24.3. The van der Waals surface area contributed by atoms with Crippen LogP contribution in [-0.4, -0.2) is 44.6 Å². The number of nitrogens with two attached hydrogens (primary N) is 1. The predicted octanol–water partition coefficient (Wildman–Crippen LogP) is 4.97. The molecule has 3 N–H and O–H groups in total. The number of nitrogen functional groups attached to an aromatic ring is 1. The molecule has 1 saturated heterocycles. The van der Waals surface area contributed by atoms with E-state index < -0.39 is 5.79 Å². The Balaban J connectivity index is 1.27. The standard InChI is InChI=1S/C26H29ClN6O2/c1-26(2)34-21-16(7-5-14-4-6-15-11-18(27)23(28)32-19(15)10-14)12-20(22(21)35-26)33-9-8-17-24(29-3)30-13-31-25(17)33/h4,6,8-11,13,16,20-22H,5,7,12H2,1-3H3,(H2,28,32)(H,29,30,31)/t16-,20+,21+,22-/m0/s1. The Kier molecular flexibility index (Phi) is 5.36. The minimum absolute atomic E-state index is 0.0289. The average molecular weight is 493 g/mol. The molecule has 1 aliphatic carbocycles. The number of ether oxygens (including phenoxy) is 2. The van der Waals surface area contributed by atoms with Gasteiger partial charge < -0.3 is 25.1 Å². The number of nitrogens with one attached hydrogen (secondary N) is 1. The fourth-order valence-electron chi connectivity index (χ4n) is 5.76. The van der Waals surface area contributed by atoms with Gasteiger partial charge in [0.15, 0.2) is 5.79 Å². The van der Waals surface area contributed by atoms with E-state index in [4.69, 9.17) is 26.8 Å². The van der Waals surface area contributed by atoms with Crippen molar-refractivity contribution in [2.24, 2.45) is 5.92 Å². The Morgan fingerprint density at radius 2 is 2.00 bits per heavy atom. The van der Waals surface area contributed by atoms with Crippen LogP contribution in [0.2, 0.25) is 5.02 Å². The monoisotopic (exact) mass is 492 g/mol. The van der Waals surface area contributed by atoms with Crippen LogP contribution >= 0.6 is 11.6 Å². The number of halogens is 1. The van der Waals surface area contributed by atoms with Crippen molar-refractivity contribution >= 4 is 45.2 Å². The Hall–Kier alpha value is -2.94. The van der Waals surface area contributed by atoms with Crippen LogP contribution in [0.5, 0.6) is 0 Å². The number of aromatic nitrogens is 4. The molecule has 0 unspecified atom stereocenters. The summed E-state index contributed by atoms with van der Waals surface area (Å²) in [5.74, 6) is 0.939. The largest absolute Gasteiger partial charge is 0.382 e. The van der Waals surface area contributed by atoms with Gasteiger partial charge in [0.25, 0.3) is 0 Å². The summed E-state index contributed by atoms with van der Waals surface area (Å²) in [7, 11) is 1.88. The van der Waals surface area contributed by atoms with Crippen molar-refractivity contribution in [1.29, 1.82) is 0 Å². The summed E-state index contributed by atoms with van der Waals surface area (Å²) in [5, 5.41) is 5.65. The van der Waals surface area contributed by atoms with E-state index in [1.807, 2.05) is 27.0 Å². The van der Waals surface area contributed by atoms with E-state index in [1.54, 1.807) is 6.33 Å². The second-order valence-electron chi connectivity index (χ2n) is 9.98. The first-order valence-corrected chi connectivity index (χ1v) is 12.4. The lowest BCUT2D eigenvalue weighted by molar-refractivity contribution is -0.160. The predicted molar refractivity (Wildman–Crippen MR) is 138 cm³/mol. The molecule has 1 aliphatic heterocycles. The lowest BCUT2D eigenvalue weighted by Gasteiger charge is -2.24. The van der Waals surface area contributed by atoms with Crippen molar-refractivity contribution in [3.8, 4) is 0 Å². The van der Waals surface area contributed by atoms with Gasteiger partial charge in [-0.05, 0) is 62.8 Å². The fraction of sp³-hybridized carbons (Fsp3) is 0.423. The molecule has 0 bridgehead atoms. The summed E-state index contributed by atoms with van der Waals surface area (Å²) >= 11 is 6.13. The molecule has 0 radical (unpaired) electrons. The van der Waals surface area contributed by atoms with Crippen molar-refractivity contribution in [2.75, 3.05) is 18.1 Å². The molecule has 8 nitrogen and oxygen atoms in total. The summed E-state index contributed by atoms with van der Waals surface area (Å²) in [6.07, 6.45) is 6.58. The van der Waals surface area contributed by atoms with E-state index >= 15 is 0 Å². The molecule has 0 amide bonds. The highest BCUT2D eigenvalue weighted by Crippen LogP contribution is 2.49. The summed E-state index contributed by atoms with van der Waals surface area (Å²) in [6, 6.07) is 10.4. The lowest BCUT2D eigenvalue weighted by Crippen LogP contribution is -2.27. The van der Waals surface area contributed by atoms with Crippen LogP contribution in [0.4, 0.5) is 11.6 Å². The maximum atomic E-state index is 6.44. The molecule has 2 aliphatic rings. The van der Waals surface area contributed by atoms with Gasteiger partial charge in [-0.2, -0.15) is 0 Å². The normalized spacial score (nSPS) is 25.4. The van der Waals surface area contributed by atoms with Crippen molar-refractivity contribution in [3.05, 3.63) is 53.4 Å². The smallest absolute Gasteiger partial charge is 0.163 e. The molecule has 1 aromatic carbocycles. The molecule has 35 heavy (non-hydrogen) atoms. The Morgan fingerprint density at radius 3 is 2.83 bits per heavy atom. The van der Waals surface area contributed by atoms with Gasteiger partial charge in [-0.3, -0.25) is 0 Å². The first-order chi connectivity index (χ1) is 16.8. The van der Waals surface area contributed by atoms with Crippen LogP contribution < -0.4 is 11.1 Å². The lowest BCUT2D eigenvalue weighted by atomic mass is 9.95. The first-order valence-electron chi connectivity index (χ1n) is 12.0. The Morgan fingerprint density at radius 1 is 1.17 bits per heavy atom. The second kappa shape index (κ2) is 8.33. The van der Waals surface area contributed by atoms with E-state index in [2.05, 4.69) is 55.3 Å². The van der Waals surface area contributed by atoms with Crippen LogP contribution in [0.3, 0.4) is 0 Å². The van der Waals surface area contributed by atoms with Gasteiger partial charge in [-0.25, -0.2) is 15.0 Å². The molecular formula is C26H29ClN6O2. The van der Waals surface area contributed by atoms with Crippen molar-refractivity contribution < 1.29 is 9.47 Å². The average Bonchev–Trinajstić information content (AvgIpc) is 3.49. The van der Waals surface area contributed by atoms with Gasteiger partial charge in [0, 0.05) is 18.6 Å². The van der Waals surface area contributed by atoms with Gasteiger partial charge >= 0.3 is 0 Å². The molecule has 9 heteroatoms. The number of fused-ring (bicyclic) bond motifs is 3. The quantitative estimate of drug-likeness (QED) is 0.405. The third-order valence-corrected chi connectivity index (χ3v) is 7.62. The molecule has 4 aromatic rings. The van der Waals surface area contributed by atoms with E-state index in [0.717, 1.165) is 47.0 Å². The fourth-order valence-corrected chi connectivity index (χ4v) is 5.92. The van der Waals surface area contributed by atoms with Gasteiger partial charge in [0.1, 0.15) is 29.7 Å². The number of aryl methyl sites for hydroxylation is 1. The highest BCUT2D eigenvalue weighted by molar-refractivity contribution is 6.33. The molecule has 182 valence electrons. The van der Waals surface area contributed by atoms with Gasteiger partial charge in [0.2, 0.25) is 0 Å². The number of nitrogens with zero attached hydrogens (tertiary/aromatic N) is 4. The zero-order valence-electron chi connectivity index (χ0n) is 20.0. The van der Waals surface area contributed by atoms with Crippen molar-refractivity contribution in [1.82, 2.24) is 19.5 Å². The van der Waals surface area contributed by atoms with E-state index in [0.29, 0.717) is 16.8 Å². The molecule has 2 fully saturated rings. The minimum atomic E-state index is -0.607. The second-order valence-corrected chi connectivity index (χ2v) is 10.4. The zero-order valence-corrected chi connectivity index (χ0v) is 20.8. The van der Waals surface area contributed by atoms with E-state index in [1.165, 1.54) is 5.56 Å². The summed E-state index contributed by atoms with van der Waals surface area (Å²) in [4.78, 5) is 13.4. The third kappa shape index (κ3) is 3.90. The number of benzene rings is 1. The Labute approximate surface area is 208 Å². The topological polar surface area (TPSA) is 100 Å². The maximum Gasteiger partial charge on any atom is 0.163 e. The number of anilines is 2. The van der Waals surface area contributed by atoms with Gasteiger partial charge in [0.05, 0.1) is 28.1 Å². The van der Waals surface area contributed by atoms with E-state index in [9.17, 15) is 0 Å². The number of rotatable bonds is 5.